The van der Waals surface area contributed by atoms with Crippen molar-refractivity contribution in [3.05, 3.63) is 18.2 Å². The standard InChI is InChI=1S/C14H20N2O3S/c1-20(17,18)10-5-6-12(11(15)9-10)16-7-8-19-14-4-2-3-13(14)16/h5-6,9,13-14H,2-4,7-8,15H2,1H3. The van der Waals surface area contributed by atoms with E-state index in [0.29, 0.717) is 18.3 Å². The van der Waals surface area contributed by atoms with Gasteiger partial charge in [0.2, 0.25) is 0 Å². The lowest BCUT2D eigenvalue weighted by molar-refractivity contribution is 0.0257. The summed E-state index contributed by atoms with van der Waals surface area (Å²) >= 11 is 0. The van der Waals surface area contributed by atoms with Gasteiger partial charge in [0, 0.05) is 12.8 Å². The van der Waals surface area contributed by atoms with Gasteiger partial charge in [-0.05, 0) is 37.5 Å². The first kappa shape index (κ1) is 13.7. The third-order valence-electron chi connectivity index (χ3n) is 4.22. The van der Waals surface area contributed by atoms with E-state index in [2.05, 4.69) is 4.90 Å². The number of hydrogen-bond donors (Lipinski definition) is 1. The average molecular weight is 296 g/mol. The highest BCUT2D eigenvalue weighted by Crippen LogP contribution is 2.36. The van der Waals surface area contributed by atoms with E-state index in [4.69, 9.17) is 10.5 Å². The zero-order chi connectivity index (χ0) is 14.3. The van der Waals surface area contributed by atoms with Gasteiger partial charge < -0.3 is 15.4 Å². The van der Waals surface area contributed by atoms with Crippen LogP contribution in [0.15, 0.2) is 23.1 Å². The summed E-state index contributed by atoms with van der Waals surface area (Å²) in [5.41, 5.74) is 7.54. The van der Waals surface area contributed by atoms with Crippen molar-refractivity contribution in [3.63, 3.8) is 0 Å². The third kappa shape index (κ3) is 2.38. The molecule has 1 aliphatic heterocycles. The van der Waals surface area contributed by atoms with Crippen LogP contribution in [-0.4, -0.2) is 40.0 Å². The Hall–Kier alpha value is -1.27. The topological polar surface area (TPSA) is 72.6 Å². The Morgan fingerprint density at radius 1 is 1.35 bits per heavy atom. The van der Waals surface area contributed by atoms with Crippen LogP contribution in [0.25, 0.3) is 0 Å². The first-order chi connectivity index (χ1) is 9.47. The van der Waals surface area contributed by atoms with Crippen LogP contribution < -0.4 is 10.6 Å². The van der Waals surface area contributed by atoms with Crippen LogP contribution in [0.2, 0.25) is 0 Å². The van der Waals surface area contributed by atoms with Gasteiger partial charge in [-0.1, -0.05) is 0 Å². The molecule has 1 saturated heterocycles. The Balaban J connectivity index is 1.94. The molecule has 2 fully saturated rings. The summed E-state index contributed by atoms with van der Waals surface area (Å²) in [7, 11) is -3.21. The van der Waals surface area contributed by atoms with Gasteiger partial charge in [0.05, 0.1) is 35.0 Å². The van der Waals surface area contributed by atoms with E-state index in [1.54, 1.807) is 12.1 Å². The van der Waals surface area contributed by atoms with Crippen molar-refractivity contribution in [2.24, 2.45) is 0 Å². The lowest BCUT2D eigenvalue weighted by Crippen LogP contribution is -2.48. The molecule has 6 heteroatoms. The number of ether oxygens (including phenoxy) is 1. The minimum absolute atomic E-state index is 0.273. The molecule has 1 aromatic carbocycles. The average Bonchev–Trinajstić information content (AvgIpc) is 2.85. The van der Waals surface area contributed by atoms with E-state index < -0.39 is 9.84 Å². The number of anilines is 2. The molecule has 1 saturated carbocycles. The molecule has 0 amide bonds. The highest BCUT2D eigenvalue weighted by Gasteiger charge is 2.36. The predicted molar refractivity (Wildman–Crippen MR) is 78.7 cm³/mol. The normalized spacial score (nSPS) is 26.6. The Morgan fingerprint density at radius 3 is 2.85 bits per heavy atom. The van der Waals surface area contributed by atoms with Crippen molar-refractivity contribution in [2.75, 3.05) is 30.0 Å². The van der Waals surface area contributed by atoms with Crippen molar-refractivity contribution in [1.29, 1.82) is 0 Å². The minimum atomic E-state index is -3.21. The van der Waals surface area contributed by atoms with Crippen LogP contribution in [-0.2, 0) is 14.6 Å². The number of nitrogens with two attached hydrogens (primary N) is 1. The molecule has 2 atom stereocenters. The summed E-state index contributed by atoms with van der Waals surface area (Å²) in [6.45, 7) is 1.51. The lowest BCUT2D eigenvalue weighted by atomic mass is 10.1. The number of benzene rings is 1. The molecule has 3 rings (SSSR count). The van der Waals surface area contributed by atoms with Gasteiger partial charge >= 0.3 is 0 Å². The summed E-state index contributed by atoms with van der Waals surface area (Å²) in [5.74, 6) is 0. The number of nitrogen functional groups attached to an aromatic ring is 1. The Bertz CT molecular complexity index is 615. The minimum Gasteiger partial charge on any atom is -0.397 e. The second kappa shape index (κ2) is 4.93. The van der Waals surface area contributed by atoms with E-state index in [1.807, 2.05) is 6.07 Å². The van der Waals surface area contributed by atoms with Gasteiger partial charge in [0.1, 0.15) is 0 Å². The number of hydrogen-bond acceptors (Lipinski definition) is 5. The van der Waals surface area contributed by atoms with Gasteiger partial charge in [0.15, 0.2) is 9.84 Å². The molecule has 110 valence electrons. The Kier molecular flexibility index (Phi) is 3.38. The second-order valence-corrected chi connectivity index (χ2v) is 7.61. The molecule has 2 N–H and O–H groups in total. The fourth-order valence-corrected chi connectivity index (χ4v) is 3.91. The smallest absolute Gasteiger partial charge is 0.175 e. The molecule has 1 aromatic rings. The maximum atomic E-state index is 11.6. The SMILES string of the molecule is CS(=O)(=O)c1ccc(N2CCOC3CCCC32)c(N)c1. The van der Waals surface area contributed by atoms with Gasteiger partial charge in [-0.15, -0.1) is 0 Å². The highest BCUT2D eigenvalue weighted by molar-refractivity contribution is 7.90. The van der Waals surface area contributed by atoms with Crippen LogP contribution in [0.5, 0.6) is 0 Å². The third-order valence-corrected chi connectivity index (χ3v) is 5.33. The van der Waals surface area contributed by atoms with Crippen molar-refractivity contribution >= 4 is 21.2 Å². The van der Waals surface area contributed by atoms with Crippen LogP contribution in [0.1, 0.15) is 19.3 Å². The van der Waals surface area contributed by atoms with Gasteiger partial charge in [-0.3, -0.25) is 0 Å². The first-order valence-corrected chi connectivity index (χ1v) is 8.84. The molecule has 1 aliphatic carbocycles. The highest BCUT2D eigenvalue weighted by atomic mass is 32.2. The van der Waals surface area contributed by atoms with Gasteiger partial charge in [-0.25, -0.2) is 8.42 Å². The fraction of sp³-hybridized carbons (Fsp3) is 0.571. The number of rotatable bonds is 2. The van der Waals surface area contributed by atoms with Crippen LogP contribution >= 0.6 is 0 Å². The molecular weight excluding hydrogens is 276 g/mol. The van der Waals surface area contributed by atoms with E-state index in [1.165, 1.54) is 12.7 Å². The second-order valence-electron chi connectivity index (χ2n) is 5.59. The van der Waals surface area contributed by atoms with Crippen LogP contribution in [0, 0.1) is 0 Å². The first-order valence-electron chi connectivity index (χ1n) is 6.94. The van der Waals surface area contributed by atoms with Gasteiger partial charge in [0.25, 0.3) is 0 Å². The number of nitrogens with zero attached hydrogens (tertiary/aromatic N) is 1. The molecule has 1 heterocycles. The van der Waals surface area contributed by atoms with Crippen LogP contribution in [0.3, 0.4) is 0 Å². The number of morpholine rings is 1. The maximum Gasteiger partial charge on any atom is 0.175 e. The van der Waals surface area contributed by atoms with Crippen molar-refractivity contribution < 1.29 is 13.2 Å². The lowest BCUT2D eigenvalue weighted by Gasteiger charge is -2.39. The zero-order valence-corrected chi connectivity index (χ0v) is 12.4. The molecule has 0 radical (unpaired) electrons. The van der Waals surface area contributed by atoms with E-state index >= 15 is 0 Å². The van der Waals surface area contributed by atoms with Crippen molar-refractivity contribution in [1.82, 2.24) is 0 Å². The fourth-order valence-electron chi connectivity index (χ4n) is 3.25. The summed E-state index contributed by atoms with van der Waals surface area (Å²) in [6, 6.07) is 5.40. The molecule has 0 aromatic heterocycles. The molecule has 2 aliphatic rings. The van der Waals surface area contributed by atoms with E-state index in [-0.39, 0.29) is 11.0 Å². The predicted octanol–water partition coefficient (Wildman–Crippen LogP) is 1.43. The maximum absolute atomic E-state index is 11.6. The molecular formula is C14H20N2O3S. The summed E-state index contributed by atoms with van der Waals surface area (Å²) in [4.78, 5) is 2.55. The van der Waals surface area contributed by atoms with E-state index in [0.717, 1.165) is 25.1 Å². The summed E-state index contributed by atoms with van der Waals surface area (Å²) < 4.78 is 28.9. The largest absolute Gasteiger partial charge is 0.397 e. The Labute approximate surface area is 119 Å². The Morgan fingerprint density at radius 2 is 2.15 bits per heavy atom. The summed E-state index contributed by atoms with van der Waals surface area (Å²) in [6.07, 6.45) is 4.87. The monoisotopic (exact) mass is 296 g/mol. The quantitative estimate of drug-likeness (QED) is 0.836. The van der Waals surface area contributed by atoms with Crippen molar-refractivity contribution in [3.8, 4) is 0 Å². The van der Waals surface area contributed by atoms with E-state index in [9.17, 15) is 8.42 Å². The summed E-state index contributed by atoms with van der Waals surface area (Å²) in [5, 5.41) is 0. The molecule has 0 spiro atoms. The zero-order valence-electron chi connectivity index (χ0n) is 11.6. The van der Waals surface area contributed by atoms with Crippen molar-refractivity contribution in [2.45, 2.75) is 36.3 Å². The number of fused-ring (bicyclic) bond motifs is 1. The van der Waals surface area contributed by atoms with Crippen LogP contribution in [0.4, 0.5) is 11.4 Å². The molecule has 0 bridgehead atoms. The molecule has 20 heavy (non-hydrogen) atoms. The number of sulfone groups is 1. The van der Waals surface area contributed by atoms with Gasteiger partial charge in [-0.2, -0.15) is 0 Å². The molecule has 5 nitrogen and oxygen atoms in total. The molecule has 2 unspecified atom stereocenters.